The van der Waals surface area contributed by atoms with Crippen molar-refractivity contribution in [1.82, 2.24) is 15.9 Å². The van der Waals surface area contributed by atoms with Gasteiger partial charge in [-0.3, -0.25) is 0 Å². The molecule has 6 heteroatoms. The number of aromatic nitrogens is 4. The molecule has 2 aliphatic carbocycles. The van der Waals surface area contributed by atoms with Gasteiger partial charge in [-0.05, 0) is 0 Å². The Balaban J connectivity index is 1.11. The van der Waals surface area contributed by atoms with E-state index in [-0.39, 0.29) is 40.8 Å². The van der Waals surface area contributed by atoms with Crippen molar-refractivity contribution < 1.29 is 0 Å². The molecule has 0 radical (unpaired) electrons. The Kier molecular flexibility index (Phi) is 38.6. The first-order valence-electron chi connectivity index (χ1n) is 40.3. The molecule has 3 aromatic carbocycles. The van der Waals surface area contributed by atoms with Crippen LogP contribution in [0.1, 0.15) is 435 Å². The first-order chi connectivity index (χ1) is 44.6. The molecule has 0 fully saturated rings. The van der Waals surface area contributed by atoms with Crippen LogP contribution in [0.3, 0.4) is 0 Å². The van der Waals surface area contributed by atoms with Gasteiger partial charge in [0.25, 0.3) is 0 Å². The molecule has 90 heavy (non-hydrogen) atoms. The van der Waals surface area contributed by atoms with Gasteiger partial charge in [0.05, 0.1) is 0 Å². The van der Waals surface area contributed by atoms with Crippen LogP contribution in [0.5, 0.6) is 0 Å². The summed E-state index contributed by atoms with van der Waals surface area (Å²) in [6.07, 6.45) is 83.8. The van der Waals surface area contributed by atoms with Crippen LogP contribution in [0.2, 0.25) is 0 Å². The third-order valence-corrected chi connectivity index (χ3v) is 24.7. The van der Waals surface area contributed by atoms with Crippen LogP contribution in [-0.4, -0.2) is 45.8 Å². The molecule has 0 atom stereocenters. The molecule has 2 aromatic heterocycles. The maximum absolute atomic E-state index is 5.41. The molecule has 2 aliphatic rings. The number of hydrogen-bond donors (Lipinski definition) is 0. The summed E-state index contributed by atoms with van der Waals surface area (Å²) in [6, 6.07) is 15.7. The molecule has 5 aromatic rings. The van der Waals surface area contributed by atoms with Gasteiger partial charge >= 0.3 is 339 Å². The van der Waals surface area contributed by atoms with Gasteiger partial charge < -0.3 is 0 Å². The molecular formula is C84H138N4Se2. The monoisotopic (exact) mass is 1360 g/mol. The van der Waals surface area contributed by atoms with Crippen LogP contribution in [0.4, 0.5) is 0 Å². The van der Waals surface area contributed by atoms with Crippen LogP contribution in [0.25, 0.3) is 44.3 Å². The van der Waals surface area contributed by atoms with Crippen LogP contribution >= 0.6 is 0 Å². The zero-order chi connectivity index (χ0) is 62.8. The van der Waals surface area contributed by atoms with Crippen molar-refractivity contribution >= 4 is 52.0 Å². The van der Waals surface area contributed by atoms with Gasteiger partial charge in [-0.15, -0.1) is 0 Å². The SMILES string of the molecule is CCCCCCCCCCCCCCCCC1(CCCCCCCCCCCCCCCC)c2cc3c(cc2-c2c1ccc1n[se]nc21)C(CCCCCCCCCCCCCCCC)(CCCCCCCCCCCCCCCC)c1ccc2n[se]nc2c1-3. The van der Waals surface area contributed by atoms with E-state index in [1.807, 2.05) is 0 Å². The van der Waals surface area contributed by atoms with Gasteiger partial charge in [0.15, 0.2) is 0 Å². The topological polar surface area (TPSA) is 51.6 Å². The third kappa shape index (κ3) is 24.2. The van der Waals surface area contributed by atoms with Crippen molar-refractivity contribution in [2.24, 2.45) is 0 Å². The molecule has 0 saturated heterocycles. The van der Waals surface area contributed by atoms with E-state index in [0.717, 1.165) is 11.0 Å². The first-order valence-corrected chi connectivity index (χ1v) is 43.4. The second-order valence-electron chi connectivity index (χ2n) is 29.7. The molecule has 0 aliphatic heterocycles. The van der Waals surface area contributed by atoms with Crippen molar-refractivity contribution in [3.63, 3.8) is 0 Å². The normalized spacial score (nSPS) is 13.7. The Morgan fingerprint density at radius 2 is 0.433 bits per heavy atom. The van der Waals surface area contributed by atoms with Crippen LogP contribution < -0.4 is 0 Å². The average Bonchev–Trinajstić information content (AvgIpc) is 1.53. The number of hydrogen-bond acceptors (Lipinski definition) is 4. The summed E-state index contributed by atoms with van der Waals surface area (Å²) >= 11 is -0.143. The van der Waals surface area contributed by atoms with Crippen LogP contribution in [-0.2, 0) is 10.8 Å². The van der Waals surface area contributed by atoms with E-state index in [2.05, 4.69) is 64.1 Å². The Morgan fingerprint density at radius 1 is 0.233 bits per heavy atom. The van der Waals surface area contributed by atoms with E-state index in [1.165, 1.54) is 419 Å². The fourth-order valence-corrected chi connectivity index (χ4v) is 19.2. The van der Waals surface area contributed by atoms with Gasteiger partial charge in [-0.2, -0.15) is 0 Å². The Hall–Kier alpha value is -2.10. The number of benzene rings is 3. The average molecular weight is 1360 g/mol. The molecule has 2 heterocycles. The molecule has 0 amide bonds. The molecule has 0 saturated carbocycles. The molecule has 7 rings (SSSR count). The number of rotatable bonds is 60. The molecule has 0 spiro atoms. The van der Waals surface area contributed by atoms with Gasteiger partial charge in [0.2, 0.25) is 0 Å². The summed E-state index contributed by atoms with van der Waals surface area (Å²) in [5, 5.41) is 0. The zero-order valence-corrected chi connectivity index (χ0v) is 62.9. The predicted octanol–water partition coefficient (Wildman–Crippen LogP) is 27.7. The number of fused-ring (bicyclic) bond motifs is 10. The summed E-state index contributed by atoms with van der Waals surface area (Å²) in [6.45, 7) is 9.33. The van der Waals surface area contributed by atoms with Crippen LogP contribution in [0, 0.1) is 0 Å². The zero-order valence-electron chi connectivity index (χ0n) is 59.5. The third-order valence-electron chi connectivity index (χ3n) is 22.4. The summed E-state index contributed by atoms with van der Waals surface area (Å²) in [5.41, 5.74) is 17.3. The number of unbranched alkanes of at least 4 members (excludes halogenated alkanes) is 52. The molecule has 0 unspecified atom stereocenters. The van der Waals surface area contributed by atoms with E-state index in [4.69, 9.17) is 15.9 Å². The Labute approximate surface area is 568 Å². The van der Waals surface area contributed by atoms with Gasteiger partial charge in [0.1, 0.15) is 0 Å². The Morgan fingerprint density at radius 3 is 0.644 bits per heavy atom. The van der Waals surface area contributed by atoms with Crippen molar-refractivity contribution in [3.05, 3.63) is 58.7 Å². The van der Waals surface area contributed by atoms with E-state index < -0.39 is 0 Å². The Bertz CT molecular complexity index is 2360. The standard InChI is InChI=1S/C84H138N4Se2/c1-5-9-13-17-21-25-29-33-37-41-45-49-53-57-65-83(66-58-54-50-46-42-38-34-30-26-22-18-14-10-6-2)73-61-63-77-81(87-89-85-77)79(73)71-70-76-72(69-75(71)83)80-74(62-64-78-82(80)88-90-86-78)84(76,67-59-55-51-47-43-39-35-31-27-23-19-15-11-7-3)68-60-56-52-48-44-40-36-32-28-24-20-16-12-8-4/h61-64,69-70H,5-60,65-68H2,1-4H3. The van der Waals surface area contributed by atoms with E-state index in [1.54, 1.807) is 22.3 Å². The molecular weight excluding hydrogens is 1220 g/mol. The second-order valence-corrected chi connectivity index (χ2v) is 31.9. The fraction of sp³-hybridized carbons (Fsp3) is 0.786. The molecule has 4 nitrogen and oxygen atoms in total. The van der Waals surface area contributed by atoms with Crippen LogP contribution in [0.15, 0.2) is 36.4 Å². The quantitative estimate of drug-likeness (QED) is 0.0288. The maximum atomic E-state index is 5.41. The summed E-state index contributed by atoms with van der Waals surface area (Å²) in [5.74, 6) is 0. The summed E-state index contributed by atoms with van der Waals surface area (Å²) in [7, 11) is 0. The predicted molar refractivity (Wildman–Crippen MR) is 399 cm³/mol. The fourth-order valence-electron chi connectivity index (χ4n) is 17.0. The molecule has 506 valence electrons. The van der Waals surface area contributed by atoms with Gasteiger partial charge in [-0.25, -0.2) is 0 Å². The molecule has 0 bridgehead atoms. The minimum absolute atomic E-state index is 0.00776. The molecule has 0 N–H and O–H groups in total. The van der Waals surface area contributed by atoms with E-state index in [0.29, 0.717) is 0 Å². The van der Waals surface area contributed by atoms with Crippen molar-refractivity contribution in [2.75, 3.05) is 0 Å². The van der Waals surface area contributed by atoms with Crippen molar-refractivity contribution in [3.8, 4) is 22.3 Å². The first kappa shape index (κ1) is 75.3. The van der Waals surface area contributed by atoms with E-state index in [9.17, 15) is 0 Å². The summed E-state index contributed by atoms with van der Waals surface area (Å²) in [4.78, 5) is 0. The summed E-state index contributed by atoms with van der Waals surface area (Å²) < 4.78 is 21.1. The van der Waals surface area contributed by atoms with Crippen molar-refractivity contribution in [1.29, 1.82) is 0 Å². The van der Waals surface area contributed by atoms with Gasteiger partial charge in [0, 0.05) is 0 Å². The number of nitrogens with zero attached hydrogens (tertiary/aromatic N) is 4. The van der Waals surface area contributed by atoms with Gasteiger partial charge in [-0.1, -0.05) is 233 Å². The van der Waals surface area contributed by atoms with E-state index >= 15 is 0 Å². The van der Waals surface area contributed by atoms with Crippen molar-refractivity contribution in [2.45, 2.75) is 424 Å². The second kappa shape index (κ2) is 46.1. The minimum atomic E-state index is -0.0715.